The standard InChI is InChI=1S/C16H15NO4/c1-21-13-9-5-8-12(10-13)15(18)17-14(16(19)20)11-6-3-2-4-7-11/h2-10,14H,1H3,(H,17,18)(H,19,20)/t14-/m1/s1. The van der Waals surface area contributed by atoms with Gasteiger partial charge < -0.3 is 15.2 Å². The molecule has 2 aromatic carbocycles. The van der Waals surface area contributed by atoms with Crippen LogP contribution < -0.4 is 10.1 Å². The monoisotopic (exact) mass is 285 g/mol. The van der Waals surface area contributed by atoms with Crippen molar-refractivity contribution in [2.45, 2.75) is 6.04 Å². The third-order valence-electron chi connectivity index (χ3n) is 2.99. The molecular formula is C16H15NO4. The number of benzene rings is 2. The van der Waals surface area contributed by atoms with E-state index >= 15 is 0 Å². The van der Waals surface area contributed by atoms with E-state index in [1.807, 2.05) is 0 Å². The van der Waals surface area contributed by atoms with Crippen molar-refractivity contribution >= 4 is 11.9 Å². The lowest BCUT2D eigenvalue weighted by atomic mass is 10.1. The minimum atomic E-state index is -1.11. The van der Waals surface area contributed by atoms with Crippen molar-refractivity contribution in [3.05, 3.63) is 65.7 Å². The van der Waals surface area contributed by atoms with Crippen LogP contribution >= 0.6 is 0 Å². The number of carboxylic acids is 1. The molecule has 0 heterocycles. The van der Waals surface area contributed by atoms with Gasteiger partial charge in [0, 0.05) is 5.56 Å². The van der Waals surface area contributed by atoms with Gasteiger partial charge in [-0.3, -0.25) is 4.79 Å². The number of carboxylic acid groups (broad SMARTS) is 1. The van der Waals surface area contributed by atoms with Gasteiger partial charge in [0.2, 0.25) is 0 Å². The Bertz CT molecular complexity index is 640. The van der Waals surface area contributed by atoms with Crippen LogP contribution in [0.1, 0.15) is 22.0 Å². The maximum absolute atomic E-state index is 12.2. The Morgan fingerprint density at radius 1 is 1.10 bits per heavy atom. The molecule has 2 N–H and O–H groups in total. The smallest absolute Gasteiger partial charge is 0.330 e. The lowest BCUT2D eigenvalue weighted by Gasteiger charge is -2.15. The number of rotatable bonds is 5. The van der Waals surface area contributed by atoms with Crippen LogP contribution in [-0.2, 0) is 4.79 Å². The highest BCUT2D eigenvalue weighted by molar-refractivity contribution is 5.97. The van der Waals surface area contributed by atoms with E-state index in [1.165, 1.54) is 7.11 Å². The summed E-state index contributed by atoms with van der Waals surface area (Å²) in [5.74, 6) is -1.04. The van der Waals surface area contributed by atoms with E-state index in [9.17, 15) is 14.7 Å². The number of carbonyl (C=O) groups is 2. The van der Waals surface area contributed by atoms with Crippen LogP contribution in [0.25, 0.3) is 0 Å². The maximum Gasteiger partial charge on any atom is 0.330 e. The second-order valence-corrected chi connectivity index (χ2v) is 4.39. The highest BCUT2D eigenvalue weighted by Crippen LogP contribution is 2.16. The number of carbonyl (C=O) groups excluding carboxylic acids is 1. The molecule has 21 heavy (non-hydrogen) atoms. The molecule has 0 aromatic heterocycles. The van der Waals surface area contributed by atoms with E-state index in [4.69, 9.17) is 4.74 Å². The summed E-state index contributed by atoms with van der Waals surface area (Å²) in [6.07, 6.45) is 0. The lowest BCUT2D eigenvalue weighted by Crippen LogP contribution is -2.33. The fraction of sp³-hybridized carbons (Fsp3) is 0.125. The van der Waals surface area contributed by atoms with Gasteiger partial charge in [-0.2, -0.15) is 0 Å². The summed E-state index contributed by atoms with van der Waals surface area (Å²) in [6.45, 7) is 0. The van der Waals surface area contributed by atoms with Gasteiger partial charge >= 0.3 is 5.97 Å². The highest BCUT2D eigenvalue weighted by Gasteiger charge is 2.22. The first-order chi connectivity index (χ1) is 10.1. The zero-order valence-corrected chi connectivity index (χ0v) is 11.4. The van der Waals surface area contributed by atoms with Gasteiger partial charge in [-0.15, -0.1) is 0 Å². The molecule has 2 aromatic rings. The van der Waals surface area contributed by atoms with Crippen LogP contribution in [0.2, 0.25) is 0 Å². The molecule has 0 radical (unpaired) electrons. The number of ether oxygens (including phenoxy) is 1. The zero-order chi connectivity index (χ0) is 15.2. The van der Waals surface area contributed by atoms with Crippen LogP contribution in [0.3, 0.4) is 0 Å². The normalized spacial score (nSPS) is 11.5. The summed E-state index contributed by atoms with van der Waals surface area (Å²) >= 11 is 0. The number of aliphatic carboxylic acids is 1. The predicted molar refractivity (Wildman–Crippen MR) is 77.3 cm³/mol. The molecule has 2 rings (SSSR count). The molecule has 5 nitrogen and oxygen atoms in total. The van der Waals surface area contributed by atoms with E-state index in [0.717, 1.165) is 0 Å². The van der Waals surface area contributed by atoms with Crippen molar-refractivity contribution < 1.29 is 19.4 Å². The average Bonchev–Trinajstić information content (AvgIpc) is 2.53. The molecule has 0 fully saturated rings. The second kappa shape index (κ2) is 6.56. The van der Waals surface area contributed by atoms with Crippen molar-refractivity contribution in [1.82, 2.24) is 5.32 Å². The molecule has 0 spiro atoms. The van der Waals surface area contributed by atoms with Gasteiger partial charge in [0.25, 0.3) is 5.91 Å². The second-order valence-electron chi connectivity index (χ2n) is 4.39. The summed E-state index contributed by atoms with van der Waals surface area (Å²) in [5.41, 5.74) is 0.859. The molecule has 0 aliphatic rings. The Kier molecular flexibility index (Phi) is 4.56. The highest BCUT2D eigenvalue weighted by atomic mass is 16.5. The molecule has 0 bridgehead atoms. The zero-order valence-electron chi connectivity index (χ0n) is 11.4. The molecule has 0 unspecified atom stereocenters. The number of hydrogen-bond donors (Lipinski definition) is 2. The largest absolute Gasteiger partial charge is 0.497 e. The topological polar surface area (TPSA) is 75.6 Å². The van der Waals surface area contributed by atoms with Crippen LogP contribution in [0.4, 0.5) is 0 Å². The average molecular weight is 285 g/mol. The molecule has 108 valence electrons. The fourth-order valence-corrected chi connectivity index (χ4v) is 1.91. The third-order valence-corrected chi connectivity index (χ3v) is 2.99. The molecule has 1 amide bonds. The number of nitrogens with one attached hydrogen (secondary N) is 1. The van der Waals surface area contributed by atoms with Crippen molar-refractivity contribution in [1.29, 1.82) is 0 Å². The van der Waals surface area contributed by atoms with Gasteiger partial charge in [-0.1, -0.05) is 36.4 Å². The fourth-order valence-electron chi connectivity index (χ4n) is 1.91. The van der Waals surface area contributed by atoms with Gasteiger partial charge in [0.05, 0.1) is 7.11 Å². The summed E-state index contributed by atoms with van der Waals surface area (Å²) < 4.78 is 5.05. The Morgan fingerprint density at radius 2 is 1.81 bits per heavy atom. The van der Waals surface area contributed by atoms with E-state index in [-0.39, 0.29) is 0 Å². The number of amides is 1. The summed E-state index contributed by atoms with van der Waals surface area (Å²) in [5, 5.41) is 11.8. The third kappa shape index (κ3) is 3.60. The summed E-state index contributed by atoms with van der Waals surface area (Å²) in [7, 11) is 1.50. The number of hydrogen-bond acceptors (Lipinski definition) is 3. The van der Waals surface area contributed by atoms with Crippen molar-refractivity contribution in [2.24, 2.45) is 0 Å². The number of methoxy groups -OCH3 is 1. The molecule has 0 saturated heterocycles. The van der Waals surface area contributed by atoms with Crippen LogP contribution in [0.5, 0.6) is 5.75 Å². The van der Waals surface area contributed by atoms with Crippen molar-refractivity contribution in [3.63, 3.8) is 0 Å². The van der Waals surface area contributed by atoms with Gasteiger partial charge in [-0.25, -0.2) is 4.79 Å². The molecular weight excluding hydrogens is 270 g/mol. The molecule has 0 aliphatic heterocycles. The molecule has 1 atom stereocenters. The van der Waals surface area contributed by atoms with E-state index < -0.39 is 17.9 Å². The first-order valence-corrected chi connectivity index (χ1v) is 6.34. The Labute approximate surface area is 122 Å². The van der Waals surface area contributed by atoms with Gasteiger partial charge in [0.1, 0.15) is 5.75 Å². The molecule has 0 saturated carbocycles. The summed E-state index contributed by atoms with van der Waals surface area (Å²) in [6, 6.07) is 14.0. The Morgan fingerprint density at radius 3 is 2.43 bits per heavy atom. The molecule has 0 aliphatic carbocycles. The van der Waals surface area contributed by atoms with E-state index in [1.54, 1.807) is 54.6 Å². The van der Waals surface area contributed by atoms with Crippen LogP contribution in [0.15, 0.2) is 54.6 Å². The van der Waals surface area contributed by atoms with Gasteiger partial charge in [-0.05, 0) is 23.8 Å². The minimum absolute atomic E-state index is 0.344. The van der Waals surface area contributed by atoms with E-state index in [2.05, 4.69) is 5.32 Å². The Balaban J connectivity index is 2.21. The van der Waals surface area contributed by atoms with Crippen molar-refractivity contribution in [3.8, 4) is 5.75 Å². The molecule has 5 heteroatoms. The predicted octanol–water partition coefficient (Wildman–Crippen LogP) is 2.25. The van der Waals surface area contributed by atoms with Crippen LogP contribution in [0, 0.1) is 0 Å². The first-order valence-electron chi connectivity index (χ1n) is 6.34. The van der Waals surface area contributed by atoms with Crippen molar-refractivity contribution in [2.75, 3.05) is 7.11 Å². The quantitative estimate of drug-likeness (QED) is 0.883. The maximum atomic E-state index is 12.2. The van der Waals surface area contributed by atoms with E-state index in [0.29, 0.717) is 16.9 Å². The van der Waals surface area contributed by atoms with Gasteiger partial charge in [0.15, 0.2) is 6.04 Å². The van der Waals surface area contributed by atoms with Crippen LogP contribution in [-0.4, -0.2) is 24.1 Å². The summed E-state index contributed by atoms with van der Waals surface area (Å²) in [4.78, 5) is 23.5. The minimum Gasteiger partial charge on any atom is -0.497 e. The first kappa shape index (κ1) is 14.6. The lowest BCUT2D eigenvalue weighted by molar-refractivity contribution is -0.139. The Hall–Kier alpha value is -2.82. The SMILES string of the molecule is COc1cccc(C(=O)N[C@@H](C(=O)O)c2ccccc2)c1.